The van der Waals surface area contributed by atoms with Gasteiger partial charge in [0.15, 0.2) is 5.84 Å². The van der Waals surface area contributed by atoms with Crippen LogP contribution < -0.4 is 5.73 Å². The molecule has 0 saturated carbocycles. The van der Waals surface area contributed by atoms with Gasteiger partial charge in [0, 0.05) is 11.8 Å². The lowest BCUT2D eigenvalue weighted by Crippen LogP contribution is -2.31. The molecular formula is C5H7ClFN3O3. The Balaban J connectivity index is 4.65. The highest BCUT2D eigenvalue weighted by atomic mass is 35.5. The fourth-order valence-corrected chi connectivity index (χ4v) is 0.494. The third-order valence-electron chi connectivity index (χ3n) is 0.917. The molecule has 0 fully saturated rings. The van der Waals surface area contributed by atoms with Crippen LogP contribution in [0.2, 0.25) is 0 Å². The Morgan fingerprint density at radius 2 is 2.31 bits per heavy atom. The molecule has 0 amide bonds. The first-order chi connectivity index (χ1) is 6.17. The van der Waals surface area contributed by atoms with Crippen molar-refractivity contribution in [3.63, 3.8) is 0 Å². The lowest BCUT2D eigenvalue weighted by molar-refractivity contribution is -0.132. The predicted molar refractivity (Wildman–Crippen MR) is 44.0 cm³/mol. The Hall–Kier alpha value is -1.37. The highest BCUT2D eigenvalue weighted by molar-refractivity contribution is 6.66. The van der Waals surface area contributed by atoms with E-state index in [2.05, 4.69) is 19.2 Å². The van der Waals surface area contributed by atoms with Gasteiger partial charge in [0.25, 0.3) is 6.86 Å². The molecule has 0 aromatic rings. The van der Waals surface area contributed by atoms with Crippen molar-refractivity contribution >= 4 is 29.3 Å². The number of alkyl halides is 1. The number of hydrogen-bond donors (Lipinski definition) is 1. The van der Waals surface area contributed by atoms with Crippen LogP contribution in [0.5, 0.6) is 0 Å². The first-order valence-corrected chi connectivity index (χ1v) is 3.30. The summed E-state index contributed by atoms with van der Waals surface area (Å²) in [5, 5.41) is 3.01. The van der Waals surface area contributed by atoms with Gasteiger partial charge in [-0.3, -0.25) is 0 Å². The highest BCUT2D eigenvalue weighted by Crippen LogP contribution is 1.89. The quantitative estimate of drug-likeness (QED) is 0.306. The Morgan fingerprint density at radius 3 is 2.69 bits per heavy atom. The first-order valence-electron chi connectivity index (χ1n) is 2.96. The summed E-state index contributed by atoms with van der Waals surface area (Å²) in [4.78, 5) is 14.8. The van der Waals surface area contributed by atoms with Crippen LogP contribution in [0.1, 0.15) is 0 Å². The van der Waals surface area contributed by atoms with Crippen LogP contribution in [0.25, 0.3) is 0 Å². The maximum Gasteiger partial charge on any atom is 0.364 e. The summed E-state index contributed by atoms with van der Waals surface area (Å²) in [5.74, 6) is -1.34. The van der Waals surface area contributed by atoms with E-state index in [9.17, 15) is 9.18 Å². The van der Waals surface area contributed by atoms with Gasteiger partial charge < -0.3 is 15.3 Å². The zero-order valence-corrected chi connectivity index (χ0v) is 7.42. The molecule has 0 aromatic carbocycles. The van der Waals surface area contributed by atoms with Crippen LogP contribution in [-0.4, -0.2) is 31.5 Å². The van der Waals surface area contributed by atoms with E-state index in [-0.39, 0.29) is 0 Å². The van der Waals surface area contributed by atoms with E-state index in [1.54, 1.807) is 0 Å². The molecule has 0 radical (unpaired) electrons. The second-order valence-corrected chi connectivity index (χ2v) is 1.81. The molecular weight excluding hydrogens is 205 g/mol. The van der Waals surface area contributed by atoms with E-state index >= 15 is 0 Å². The summed E-state index contributed by atoms with van der Waals surface area (Å²) in [6, 6.07) is 0. The van der Waals surface area contributed by atoms with E-state index < -0.39 is 24.4 Å². The smallest absolute Gasteiger partial charge is 0.364 e. The van der Waals surface area contributed by atoms with Crippen LogP contribution in [-0.2, 0) is 14.4 Å². The van der Waals surface area contributed by atoms with Gasteiger partial charge >= 0.3 is 5.97 Å². The number of amidine groups is 1. The summed E-state index contributed by atoms with van der Waals surface area (Å²) in [6.07, 6.45) is 0. The second kappa shape index (κ2) is 6.18. The molecule has 0 aliphatic rings. The van der Waals surface area contributed by atoms with Crippen LogP contribution in [0.4, 0.5) is 4.39 Å². The van der Waals surface area contributed by atoms with E-state index in [0.29, 0.717) is 0 Å². The largest absolute Gasteiger partial charge is 0.464 e. The van der Waals surface area contributed by atoms with Crippen molar-refractivity contribution in [3.05, 3.63) is 0 Å². The standard InChI is InChI=1S/C5H7ClFN3O3/c1-12-5(11)3(4(8)9-6)10-13-2-7/h2H2,1H3,(H2,8,9)/b10-3-. The molecule has 0 saturated heterocycles. The lowest BCUT2D eigenvalue weighted by atomic mass is 10.3. The molecule has 0 bridgehead atoms. The maximum absolute atomic E-state index is 11.5. The maximum atomic E-state index is 11.5. The monoisotopic (exact) mass is 211 g/mol. The number of nitrogens with two attached hydrogens (primary N) is 1. The molecule has 0 unspecified atom stereocenters. The van der Waals surface area contributed by atoms with Crippen molar-refractivity contribution in [2.24, 2.45) is 15.4 Å². The van der Waals surface area contributed by atoms with Gasteiger partial charge in [0.1, 0.15) is 0 Å². The molecule has 8 heteroatoms. The molecule has 0 rings (SSSR count). The lowest BCUT2D eigenvalue weighted by Gasteiger charge is -2.00. The molecule has 0 aliphatic heterocycles. The molecule has 0 atom stereocenters. The van der Waals surface area contributed by atoms with Crippen molar-refractivity contribution in [2.45, 2.75) is 0 Å². The van der Waals surface area contributed by atoms with Crippen molar-refractivity contribution < 1.29 is 18.8 Å². The molecule has 0 aromatic heterocycles. The minimum absolute atomic E-state index is 0.415. The summed E-state index contributed by atoms with van der Waals surface area (Å²) < 4.78 is 18.7. The van der Waals surface area contributed by atoms with Gasteiger partial charge in [-0.15, -0.1) is 0 Å². The van der Waals surface area contributed by atoms with Gasteiger partial charge in [-0.05, 0) is 0 Å². The number of ether oxygens (including phenoxy) is 1. The number of carbonyl (C=O) groups is 1. The average molecular weight is 212 g/mol. The number of halogens is 2. The van der Waals surface area contributed by atoms with Crippen molar-refractivity contribution in [1.82, 2.24) is 0 Å². The Kier molecular flexibility index (Phi) is 5.53. The van der Waals surface area contributed by atoms with Gasteiger partial charge in [0.05, 0.1) is 7.11 Å². The molecule has 6 nitrogen and oxygen atoms in total. The third-order valence-corrected chi connectivity index (χ3v) is 1.10. The van der Waals surface area contributed by atoms with Crippen molar-refractivity contribution in [2.75, 3.05) is 14.0 Å². The zero-order valence-electron chi connectivity index (χ0n) is 6.66. The summed E-state index contributed by atoms with van der Waals surface area (Å²) in [7, 11) is 1.09. The van der Waals surface area contributed by atoms with E-state index in [0.717, 1.165) is 7.11 Å². The van der Waals surface area contributed by atoms with Crippen molar-refractivity contribution in [1.29, 1.82) is 0 Å². The van der Waals surface area contributed by atoms with E-state index in [1.165, 1.54) is 0 Å². The molecule has 0 aliphatic carbocycles. The normalized spacial score (nSPS) is 12.5. The van der Waals surface area contributed by atoms with Crippen LogP contribution >= 0.6 is 11.8 Å². The molecule has 13 heavy (non-hydrogen) atoms. The zero-order chi connectivity index (χ0) is 10.3. The predicted octanol–water partition coefficient (Wildman–Crippen LogP) is -0.0300. The number of esters is 1. The highest BCUT2D eigenvalue weighted by Gasteiger charge is 2.17. The summed E-state index contributed by atoms with van der Waals surface area (Å²) >= 11 is 4.95. The number of nitrogens with zero attached hydrogens (tertiary/aromatic N) is 2. The van der Waals surface area contributed by atoms with Gasteiger partial charge in [0.2, 0.25) is 5.71 Å². The van der Waals surface area contributed by atoms with Gasteiger partial charge in [-0.1, -0.05) is 5.16 Å². The third kappa shape index (κ3) is 3.70. The minimum Gasteiger partial charge on any atom is -0.464 e. The SMILES string of the molecule is COC(=O)C(=N\OCF)/C(N)=N/Cl. The van der Waals surface area contributed by atoms with Crippen LogP contribution in [0.3, 0.4) is 0 Å². The van der Waals surface area contributed by atoms with Crippen LogP contribution in [0, 0.1) is 0 Å². The topological polar surface area (TPSA) is 86.3 Å². The number of carbonyl (C=O) groups excluding carboxylic acids is 1. The summed E-state index contributed by atoms with van der Waals surface area (Å²) in [6.45, 7) is -1.20. The van der Waals surface area contributed by atoms with E-state index in [4.69, 9.17) is 17.5 Å². The van der Waals surface area contributed by atoms with Gasteiger partial charge in [-0.25, -0.2) is 9.18 Å². The molecule has 0 spiro atoms. The number of oxime groups is 1. The first kappa shape index (κ1) is 11.6. The number of rotatable bonds is 4. The fourth-order valence-electron chi connectivity index (χ4n) is 0.414. The average Bonchev–Trinajstić information content (AvgIpc) is 2.17. The number of hydrogen-bond acceptors (Lipinski definition) is 5. The Morgan fingerprint density at radius 1 is 1.69 bits per heavy atom. The number of methoxy groups -OCH3 is 1. The van der Waals surface area contributed by atoms with Gasteiger partial charge in [-0.2, -0.15) is 4.51 Å². The van der Waals surface area contributed by atoms with Crippen molar-refractivity contribution in [3.8, 4) is 0 Å². The van der Waals surface area contributed by atoms with Crippen LogP contribution in [0.15, 0.2) is 9.67 Å². The summed E-state index contributed by atoms with van der Waals surface area (Å²) in [5.41, 5.74) is 4.63. The molecule has 0 heterocycles. The molecule has 2 N–H and O–H groups in total. The Bertz CT molecular complexity index is 243. The van der Waals surface area contributed by atoms with E-state index in [1.807, 2.05) is 0 Å². The second-order valence-electron chi connectivity index (χ2n) is 1.64. The molecule has 74 valence electrons. The Labute approximate surface area is 78.3 Å². The fraction of sp³-hybridized carbons (Fsp3) is 0.400. The minimum atomic E-state index is -1.20.